The minimum absolute atomic E-state index is 0.169. The third-order valence-corrected chi connectivity index (χ3v) is 7.88. The number of likely N-dealkylation sites (tertiary alicyclic amines) is 2. The van der Waals surface area contributed by atoms with Crippen LogP contribution < -0.4 is 5.56 Å². The van der Waals surface area contributed by atoms with Gasteiger partial charge >= 0.3 is 0 Å². The van der Waals surface area contributed by atoms with E-state index in [2.05, 4.69) is 69.9 Å². The molecule has 2 unspecified atom stereocenters. The maximum Gasteiger partial charge on any atom is 0.250 e. The van der Waals surface area contributed by atoms with Crippen LogP contribution in [0.1, 0.15) is 30.9 Å². The van der Waals surface area contributed by atoms with E-state index in [1.165, 1.54) is 59.9 Å². The summed E-state index contributed by atoms with van der Waals surface area (Å²) in [7, 11) is 2.24. The first-order valence-corrected chi connectivity index (χ1v) is 11.8. The summed E-state index contributed by atoms with van der Waals surface area (Å²) >= 11 is 0. The summed E-state index contributed by atoms with van der Waals surface area (Å²) in [5, 5.41) is 2.52. The fourth-order valence-electron chi connectivity index (χ4n) is 6.31. The highest BCUT2D eigenvalue weighted by Gasteiger charge is 2.38. The summed E-state index contributed by atoms with van der Waals surface area (Å²) in [5.41, 5.74) is 3.93. The van der Waals surface area contributed by atoms with Crippen molar-refractivity contribution < 1.29 is 0 Å². The molecule has 4 heteroatoms. The number of aromatic nitrogens is 1. The van der Waals surface area contributed by atoms with Gasteiger partial charge < -0.3 is 9.47 Å². The summed E-state index contributed by atoms with van der Waals surface area (Å²) in [6.45, 7) is 5.52. The van der Waals surface area contributed by atoms with E-state index in [1.54, 1.807) is 6.07 Å². The van der Waals surface area contributed by atoms with E-state index in [9.17, 15) is 4.79 Å². The molecule has 2 bridgehead atoms. The molecular weight excluding hydrogens is 382 g/mol. The molecule has 4 heterocycles. The molecule has 0 aliphatic carbocycles. The van der Waals surface area contributed by atoms with Crippen molar-refractivity contribution in [3.63, 3.8) is 0 Å². The van der Waals surface area contributed by atoms with E-state index in [4.69, 9.17) is 0 Å². The van der Waals surface area contributed by atoms with Crippen LogP contribution in [0.3, 0.4) is 0 Å². The fraction of sp³-hybridized carbons (Fsp3) is 0.444. The molecule has 2 saturated heterocycles. The average molecular weight is 414 g/mol. The van der Waals surface area contributed by atoms with Gasteiger partial charge in [-0.25, -0.2) is 0 Å². The van der Waals surface area contributed by atoms with Gasteiger partial charge in [-0.3, -0.25) is 9.69 Å². The molecule has 31 heavy (non-hydrogen) atoms. The second-order valence-corrected chi connectivity index (χ2v) is 9.93. The van der Waals surface area contributed by atoms with Crippen LogP contribution in [0.4, 0.5) is 0 Å². The summed E-state index contributed by atoms with van der Waals surface area (Å²) in [5.74, 6) is 1.04. The lowest BCUT2D eigenvalue weighted by Crippen LogP contribution is -2.53. The first kappa shape index (κ1) is 19.3. The van der Waals surface area contributed by atoms with Gasteiger partial charge in [0.25, 0.3) is 5.56 Å². The first-order valence-electron chi connectivity index (χ1n) is 11.8. The van der Waals surface area contributed by atoms with Gasteiger partial charge in [0, 0.05) is 48.9 Å². The van der Waals surface area contributed by atoms with E-state index in [0.717, 1.165) is 19.6 Å². The Kier molecular flexibility index (Phi) is 4.73. The van der Waals surface area contributed by atoms with E-state index in [-0.39, 0.29) is 5.56 Å². The molecule has 0 spiro atoms. The average Bonchev–Trinajstić information content (AvgIpc) is 2.80. The van der Waals surface area contributed by atoms with Crippen molar-refractivity contribution >= 4 is 10.8 Å². The maximum atomic E-state index is 12.9. The quantitative estimate of drug-likeness (QED) is 0.631. The highest BCUT2D eigenvalue weighted by atomic mass is 16.1. The third kappa shape index (κ3) is 3.42. The van der Waals surface area contributed by atoms with Gasteiger partial charge in [-0.2, -0.15) is 0 Å². The van der Waals surface area contributed by atoms with Gasteiger partial charge in [0.2, 0.25) is 0 Å². The van der Waals surface area contributed by atoms with Crippen molar-refractivity contribution in [2.24, 2.45) is 5.92 Å². The van der Waals surface area contributed by atoms with Gasteiger partial charge in [-0.1, -0.05) is 36.4 Å². The number of piperidine rings is 2. The zero-order valence-corrected chi connectivity index (χ0v) is 18.3. The standard InChI is InChI=1S/C27H31N3O/c1-28-12-10-24(11-13-28)29-16-19-14-23(18-29)27-25(8-9-26(31)30(27)17-19)22-7-6-20-4-2-3-5-21(20)15-22/h2-9,15,19,23-24H,10-14,16-18H2,1H3. The van der Waals surface area contributed by atoms with Crippen molar-refractivity contribution in [1.82, 2.24) is 14.4 Å². The minimum Gasteiger partial charge on any atom is -0.311 e. The van der Waals surface area contributed by atoms with Crippen LogP contribution in [0.2, 0.25) is 0 Å². The molecule has 4 nitrogen and oxygen atoms in total. The molecule has 0 N–H and O–H groups in total. The monoisotopic (exact) mass is 413 g/mol. The Morgan fingerprint density at radius 2 is 1.68 bits per heavy atom. The van der Waals surface area contributed by atoms with Crippen LogP contribution in [-0.2, 0) is 6.54 Å². The largest absolute Gasteiger partial charge is 0.311 e. The highest BCUT2D eigenvalue weighted by Crippen LogP contribution is 2.41. The molecular formula is C27H31N3O. The number of rotatable bonds is 2. The molecule has 0 saturated carbocycles. The number of hydrogen-bond donors (Lipinski definition) is 0. The van der Waals surface area contributed by atoms with E-state index in [1.807, 2.05) is 0 Å². The number of hydrogen-bond acceptors (Lipinski definition) is 3. The van der Waals surface area contributed by atoms with Gasteiger partial charge in [0.1, 0.15) is 0 Å². The van der Waals surface area contributed by atoms with Crippen LogP contribution in [-0.4, -0.2) is 53.6 Å². The van der Waals surface area contributed by atoms with Crippen molar-refractivity contribution in [3.8, 4) is 11.1 Å². The molecule has 2 aromatic carbocycles. The Balaban J connectivity index is 1.39. The maximum absolute atomic E-state index is 12.9. The van der Waals surface area contributed by atoms with Crippen LogP contribution in [0.25, 0.3) is 21.9 Å². The van der Waals surface area contributed by atoms with E-state index < -0.39 is 0 Å². The lowest BCUT2D eigenvalue weighted by Gasteiger charge is -2.47. The molecule has 0 radical (unpaired) electrons. The molecule has 3 aliphatic rings. The number of benzene rings is 2. The highest BCUT2D eigenvalue weighted by molar-refractivity contribution is 5.87. The van der Waals surface area contributed by atoms with Crippen LogP contribution in [0.15, 0.2) is 59.4 Å². The molecule has 2 fully saturated rings. The fourth-order valence-corrected chi connectivity index (χ4v) is 6.31. The van der Waals surface area contributed by atoms with Crippen molar-refractivity contribution in [2.45, 2.75) is 37.8 Å². The Hall–Kier alpha value is -2.43. The van der Waals surface area contributed by atoms with Crippen molar-refractivity contribution in [2.75, 3.05) is 33.2 Å². The van der Waals surface area contributed by atoms with Crippen molar-refractivity contribution in [1.29, 1.82) is 0 Å². The second-order valence-electron chi connectivity index (χ2n) is 9.93. The first-order chi connectivity index (χ1) is 15.2. The van der Waals surface area contributed by atoms with Gasteiger partial charge in [0.05, 0.1) is 0 Å². The normalized spacial score (nSPS) is 24.9. The van der Waals surface area contributed by atoms with Gasteiger partial charge in [0.15, 0.2) is 0 Å². The smallest absolute Gasteiger partial charge is 0.250 e. The number of pyridine rings is 1. The van der Waals surface area contributed by atoms with Crippen molar-refractivity contribution in [3.05, 3.63) is 70.6 Å². The Morgan fingerprint density at radius 3 is 2.52 bits per heavy atom. The number of nitrogens with zero attached hydrogens (tertiary/aromatic N) is 3. The Labute approximate surface area is 184 Å². The molecule has 0 amide bonds. The molecule has 1 aromatic heterocycles. The van der Waals surface area contributed by atoms with Crippen LogP contribution >= 0.6 is 0 Å². The summed E-state index contributed by atoms with van der Waals surface area (Å²) in [4.78, 5) is 18.1. The van der Waals surface area contributed by atoms with Gasteiger partial charge in [-0.05, 0) is 73.8 Å². The minimum atomic E-state index is 0.169. The van der Waals surface area contributed by atoms with E-state index in [0.29, 0.717) is 17.9 Å². The predicted octanol–water partition coefficient (Wildman–Crippen LogP) is 4.18. The summed E-state index contributed by atoms with van der Waals surface area (Å²) in [6.07, 6.45) is 3.76. The second kappa shape index (κ2) is 7.61. The Bertz CT molecular complexity index is 1170. The van der Waals surface area contributed by atoms with Gasteiger partial charge in [-0.15, -0.1) is 0 Å². The molecule has 3 aromatic rings. The third-order valence-electron chi connectivity index (χ3n) is 7.88. The predicted molar refractivity (Wildman–Crippen MR) is 127 cm³/mol. The SMILES string of the molecule is CN1CCC(N2CC3CC(C2)c2c(-c4ccc5ccccc5c4)ccc(=O)n2C3)CC1. The van der Waals surface area contributed by atoms with Crippen LogP contribution in [0.5, 0.6) is 0 Å². The zero-order valence-electron chi connectivity index (χ0n) is 18.3. The lowest BCUT2D eigenvalue weighted by molar-refractivity contribution is 0.0519. The summed E-state index contributed by atoms with van der Waals surface area (Å²) in [6, 6.07) is 19.8. The topological polar surface area (TPSA) is 28.5 Å². The number of fused-ring (bicyclic) bond motifs is 5. The molecule has 160 valence electrons. The molecule has 6 rings (SSSR count). The van der Waals surface area contributed by atoms with E-state index >= 15 is 0 Å². The Morgan fingerprint density at radius 1 is 0.871 bits per heavy atom. The lowest BCUT2D eigenvalue weighted by atomic mass is 9.79. The summed E-state index contributed by atoms with van der Waals surface area (Å²) < 4.78 is 2.11. The molecule has 3 aliphatic heterocycles. The van der Waals surface area contributed by atoms with Crippen LogP contribution in [0, 0.1) is 5.92 Å². The molecule has 2 atom stereocenters. The zero-order chi connectivity index (χ0) is 20.9.